The maximum Gasteiger partial charge on any atom is 0.305 e. The summed E-state index contributed by atoms with van der Waals surface area (Å²) in [6, 6.07) is 0.0434. The van der Waals surface area contributed by atoms with Crippen LogP contribution >= 0.6 is 0 Å². The van der Waals surface area contributed by atoms with Crippen molar-refractivity contribution in [1.29, 1.82) is 0 Å². The van der Waals surface area contributed by atoms with E-state index < -0.39 is 10.0 Å². The van der Waals surface area contributed by atoms with Gasteiger partial charge < -0.3 is 10.1 Å². The Labute approximate surface area is 115 Å². The van der Waals surface area contributed by atoms with Crippen LogP contribution < -0.4 is 5.32 Å². The standard InChI is InChI=1S/C12H24N2O4S/c1-13-10-11-6-3-4-8-14(11)19(16,17)9-5-7-12(15)18-2/h11,13H,3-10H2,1-2H3. The van der Waals surface area contributed by atoms with E-state index in [1.54, 1.807) is 4.31 Å². The van der Waals surface area contributed by atoms with Crippen molar-refractivity contribution in [2.75, 3.05) is 33.0 Å². The smallest absolute Gasteiger partial charge is 0.305 e. The number of ether oxygens (including phenoxy) is 1. The van der Waals surface area contributed by atoms with Gasteiger partial charge in [0.15, 0.2) is 0 Å². The molecule has 0 aromatic rings. The lowest BCUT2D eigenvalue weighted by molar-refractivity contribution is -0.140. The summed E-state index contributed by atoms with van der Waals surface area (Å²) in [6.45, 7) is 1.27. The van der Waals surface area contributed by atoms with Gasteiger partial charge >= 0.3 is 5.97 Å². The molecule has 0 amide bonds. The summed E-state index contributed by atoms with van der Waals surface area (Å²) in [6.07, 6.45) is 3.35. The number of carbonyl (C=O) groups is 1. The van der Waals surface area contributed by atoms with Crippen molar-refractivity contribution in [1.82, 2.24) is 9.62 Å². The topological polar surface area (TPSA) is 75.7 Å². The number of sulfonamides is 1. The molecule has 1 aliphatic heterocycles. The third-order valence-electron chi connectivity index (χ3n) is 3.38. The average molecular weight is 292 g/mol. The van der Waals surface area contributed by atoms with Gasteiger partial charge in [-0.2, -0.15) is 4.31 Å². The summed E-state index contributed by atoms with van der Waals surface area (Å²) in [4.78, 5) is 11.0. The van der Waals surface area contributed by atoms with E-state index in [1.165, 1.54) is 7.11 Å². The van der Waals surface area contributed by atoms with Crippen LogP contribution in [0, 0.1) is 0 Å². The fraction of sp³-hybridized carbons (Fsp3) is 0.917. The van der Waals surface area contributed by atoms with E-state index in [0.717, 1.165) is 19.3 Å². The molecule has 1 heterocycles. The number of carbonyl (C=O) groups excluding carboxylic acids is 1. The van der Waals surface area contributed by atoms with Crippen LogP contribution in [0.25, 0.3) is 0 Å². The molecule has 0 bridgehead atoms. The van der Waals surface area contributed by atoms with Crippen LogP contribution in [-0.2, 0) is 19.6 Å². The first-order valence-electron chi connectivity index (χ1n) is 6.72. The minimum atomic E-state index is -3.27. The maximum atomic E-state index is 12.3. The molecule has 0 spiro atoms. The Hall–Kier alpha value is -0.660. The molecular formula is C12H24N2O4S. The molecule has 7 heteroatoms. The Kier molecular flexibility index (Phi) is 6.74. The number of rotatable bonds is 7. The number of nitrogens with one attached hydrogen (secondary N) is 1. The fourth-order valence-corrected chi connectivity index (χ4v) is 4.18. The summed E-state index contributed by atoms with van der Waals surface area (Å²) < 4.78 is 30.7. The van der Waals surface area contributed by atoms with Crippen LogP contribution in [0.3, 0.4) is 0 Å². The maximum absolute atomic E-state index is 12.3. The predicted octanol–water partition coefficient (Wildman–Crippen LogP) is 0.343. The van der Waals surface area contributed by atoms with Gasteiger partial charge in [0.1, 0.15) is 0 Å². The van der Waals surface area contributed by atoms with E-state index in [1.807, 2.05) is 7.05 Å². The molecule has 0 aromatic carbocycles. The van der Waals surface area contributed by atoms with Gasteiger partial charge in [-0.1, -0.05) is 6.42 Å². The van der Waals surface area contributed by atoms with E-state index in [4.69, 9.17) is 0 Å². The molecule has 1 rings (SSSR count). The molecule has 1 N–H and O–H groups in total. The van der Waals surface area contributed by atoms with Crippen molar-refractivity contribution in [3.05, 3.63) is 0 Å². The third kappa shape index (κ3) is 5.08. The first-order valence-corrected chi connectivity index (χ1v) is 8.33. The Morgan fingerprint density at radius 3 is 2.79 bits per heavy atom. The van der Waals surface area contributed by atoms with Crippen molar-refractivity contribution >= 4 is 16.0 Å². The minimum Gasteiger partial charge on any atom is -0.469 e. The minimum absolute atomic E-state index is 0.0162. The third-order valence-corrected chi connectivity index (χ3v) is 5.38. The quantitative estimate of drug-likeness (QED) is 0.685. The molecule has 0 aliphatic carbocycles. The van der Waals surface area contributed by atoms with Gasteiger partial charge in [-0.25, -0.2) is 8.42 Å². The highest BCUT2D eigenvalue weighted by atomic mass is 32.2. The van der Waals surface area contributed by atoms with Gasteiger partial charge in [-0.05, 0) is 26.3 Å². The van der Waals surface area contributed by atoms with E-state index in [2.05, 4.69) is 10.1 Å². The van der Waals surface area contributed by atoms with Crippen LogP contribution in [-0.4, -0.2) is 57.7 Å². The highest BCUT2D eigenvalue weighted by molar-refractivity contribution is 7.89. The number of hydrogen-bond acceptors (Lipinski definition) is 5. The van der Waals surface area contributed by atoms with E-state index in [9.17, 15) is 13.2 Å². The van der Waals surface area contributed by atoms with Gasteiger partial charge in [0.2, 0.25) is 10.0 Å². The summed E-state index contributed by atoms with van der Waals surface area (Å²) in [5.41, 5.74) is 0. The molecule has 1 saturated heterocycles. The van der Waals surface area contributed by atoms with Crippen LogP contribution in [0.2, 0.25) is 0 Å². The van der Waals surface area contributed by atoms with Crippen LogP contribution in [0.1, 0.15) is 32.1 Å². The van der Waals surface area contributed by atoms with E-state index in [0.29, 0.717) is 19.5 Å². The molecule has 1 unspecified atom stereocenters. The SMILES string of the molecule is CNCC1CCCCN1S(=O)(=O)CCCC(=O)OC. The largest absolute Gasteiger partial charge is 0.469 e. The second-order valence-electron chi connectivity index (χ2n) is 4.81. The van der Waals surface area contributed by atoms with Gasteiger partial charge in [0, 0.05) is 25.6 Å². The number of hydrogen-bond donors (Lipinski definition) is 1. The van der Waals surface area contributed by atoms with Crippen molar-refractivity contribution in [3.63, 3.8) is 0 Å². The van der Waals surface area contributed by atoms with Gasteiger partial charge in [0.05, 0.1) is 12.9 Å². The molecule has 1 fully saturated rings. The molecule has 0 saturated carbocycles. The van der Waals surface area contributed by atoms with Crippen LogP contribution in [0.5, 0.6) is 0 Å². The monoisotopic (exact) mass is 292 g/mol. The van der Waals surface area contributed by atoms with Crippen molar-refractivity contribution in [3.8, 4) is 0 Å². The predicted molar refractivity (Wildman–Crippen MR) is 73.3 cm³/mol. The number of methoxy groups -OCH3 is 1. The summed E-state index contributed by atoms with van der Waals surface area (Å²) in [7, 11) is -0.133. The number of esters is 1. The molecule has 1 aliphatic rings. The number of nitrogens with zero attached hydrogens (tertiary/aromatic N) is 1. The molecule has 112 valence electrons. The summed E-state index contributed by atoms with van der Waals surface area (Å²) in [5, 5.41) is 3.04. The molecule has 6 nitrogen and oxygen atoms in total. The molecule has 0 radical (unpaired) electrons. The van der Waals surface area contributed by atoms with Crippen LogP contribution in [0.15, 0.2) is 0 Å². The van der Waals surface area contributed by atoms with Gasteiger partial charge in [-0.15, -0.1) is 0 Å². The first kappa shape index (κ1) is 16.4. The normalized spacial score (nSPS) is 21.3. The fourth-order valence-electron chi connectivity index (χ4n) is 2.40. The molecule has 0 aromatic heterocycles. The first-order chi connectivity index (χ1) is 9.01. The second-order valence-corrected chi connectivity index (χ2v) is 6.85. The van der Waals surface area contributed by atoms with Crippen molar-refractivity contribution in [2.45, 2.75) is 38.1 Å². The molecule has 1 atom stereocenters. The van der Waals surface area contributed by atoms with Gasteiger partial charge in [-0.3, -0.25) is 4.79 Å². The lowest BCUT2D eigenvalue weighted by Gasteiger charge is -2.34. The molecular weight excluding hydrogens is 268 g/mol. The Balaban J connectivity index is 2.55. The number of likely N-dealkylation sites (N-methyl/N-ethyl adjacent to an activating group) is 1. The highest BCUT2D eigenvalue weighted by Gasteiger charge is 2.31. The lowest BCUT2D eigenvalue weighted by Crippen LogP contribution is -2.48. The zero-order valence-electron chi connectivity index (χ0n) is 11.7. The highest BCUT2D eigenvalue weighted by Crippen LogP contribution is 2.21. The summed E-state index contributed by atoms with van der Waals surface area (Å²) >= 11 is 0. The van der Waals surface area contributed by atoms with E-state index >= 15 is 0 Å². The Morgan fingerprint density at radius 1 is 1.42 bits per heavy atom. The lowest BCUT2D eigenvalue weighted by atomic mass is 10.1. The Morgan fingerprint density at radius 2 is 2.16 bits per heavy atom. The van der Waals surface area contributed by atoms with Crippen molar-refractivity contribution < 1.29 is 17.9 Å². The van der Waals surface area contributed by atoms with E-state index in [-0.39, 0.29) is 24.2 Å². The second kappa shape index (κ2) is 7.81. The van der Waals surface area contributed by atoms with Gasteiger partial charge in [0.25, 0.3) is 0 Å². The zero-order chi connectivity index (χ0) is 14.3. The molecule has 19 heavy (non-hydrogen) atoms. The number of piperidine rings is 1. The Bertz CT molecular complexity index is 381. The summed E-state index contributed by atoms with van der Waals surface area (Å²) in [5.74, 6) is -0.344. The van der Waals surface area contributed by atoms with Crippen LogP contribution in [0.4, 0.5) is 0 Å². The zero-order valence-corrected chi connectivity index (χ0v) is 12.5. The average Bonchev–Trinajstić information content (AvgIpc) is 2.39. The van der Waals surface area contributed by atoms with Crippen molar-refractivity contribution in [2.24, 2.45) is 0 Å².